The van der Waals surface area contributed by atoms with Crippen LogP contribution in [0, 0.1) is 23.7 Å². The van der Waals surface area contributed by atoms with Crippen LogP contribution in [0.1, 0.15) is 38.7 Å². The smallest absolute Gasteiger partial charge is 0.306 e. The van der Waals surface area contributed by atoms with E-state index >= 15 is 0 Å². The van der Waals surface area contributed by atoms with Crippen molar-refractivity contribution in [1.29, 1.82) is 0 Å². The number of aliphatic hydroxyl groups excluding tert-OH is 1. The second-order valence-corrected chi connectivity index (χ2v) is 17.1. The molecule has 3 aliphatic rings. The molecule has 2 aromatic carbocycles. The van der Waals surface area contributed by atoms with Crippen molar-refractivity contribution >= 4 is 25.8 Å². The quantitative estimate of drug-likeness (QED) is 0.314. The van der Waals surface area contributed by atoms with Crippen LogP contribution in [0.5, 0.6) is 5.75 Å². The summed E-state index contributed by atoms with van der Waals surface area (Å²) < 4.78 is 77.2. The molecule has 0 spiro atoms. The molecular formula is C33H45NO10S2. The van der Waals surface area contributed by atoms with E-state index in [1.165, 1.54) is 23.5 Å². The van der Waals surface area contributed by atoms with E-state index in [1.54, 1.807) is 12.1 Å². The van der Waals surface area contributed by atoms with Crippen molar-refractivity contribution in [3.05, 3.63) is 60.2 Å². The van der Waals surface area contributed by atoms with Crippen LogP contribution < -0.4 is 4.74 Å². The van der Waals surface area contributed by atoms with Gasteiger partial charge in [-0.15, -0.1) is 0 Å². The number of aliphatic hydroxyl groups is 1. The molecule has 2 aromatic rings. The number of fused-ring (bicyclic) bond motifs is 3. The SMILES string of the molecule is COc1ccc(S(=O)(=O)N(CC(C)C)C[C@@H](O)[C@@H](CC(=O)OC2CS(=O)(=O)CC3OC4OCCCC4C23)Cc2ccccc2)cc1. The van der Waals surface area contributed by atoms with E-state index in [2.05, 4.69) is 0 Å². The molecule has 0 aliphatic carbocycles. The molecule has 254 valence electrons. The van der Waals surface area contributed by atoms with Crippen molar-refractivity contribution in [2.45, 2.75) is 69.0 Å². The lowest BCUT2D eigenvalue weighted by molar-refractivity contribution is -0.163. The van der Waals surface area contributed by atoms with E-state index in [0.717, 1.165) is 18.4 Å². The average Bonchev–Trinajstić information content (AvgIpc) is 3.38. The molecule has 3 aliphatic heterocycles. The molecule has 1 N–H and O–H groups in total. The van der Waals surface area contributed by atoms with E-state index in [9.17, 15) is 26.7 Å². The number of benzene rings is 2. The molecule has 0 amide bonds. The summed E-state index contributed by atoms with van der Waals surface area (Å²) in [7, 11) is -6.03. The van der Waals surface area contributed by atoms with Crippen LogP contribution in [-0.4, -0.2) is 95.1 Å². The maximum atomic E-state index is 13.8. The summed E-state index contributed by atoms with van der Waals surface area (Å²) in [5.74, 6) is -1.67. The van der Waals surface area contributed by atoms with E-state index in [-0.39, 0.29) is 60.1 Å². The highest BCUT2D eigenvalue weighted by Gasteiger charge is 2.55. The van der Waals surface area contributed by atoms with Crippen LogP contribution in [0.15, 0.2) is 59.5 Å². The Morgan fingerprint density at radius 1 is 1.07 bits per heavy atom. The first kappa shape index (κ1) is 34.8. The standard InChI is InChI=1S/C33H45NO10S2/c1-22(2)18-34(46(39,40)26-13-11-25(41-3)12-14-26)19-28(35)24(16-23-8-5-4-6-9-23)17-31(36)43-29-20-45(37,38)21-30-32(29)27-10-7-15-42-33(27)44-30/h4-6,8-9,11-14,22,24,27-30,32-33,35H,7,10,15-21H2,1-3H3/t24-,27?,28-,29?,30?,32?,33?/m1/s1. The molecule has 11 nitrogen and oxygen atoms in total. The van der Waals surface area contributed by atoms with Crippen molar-refractivity contribution in [3.63, 3.8) is 0 Å². The van der Waals surface area contributed by atoms with Crippen LogP contribution in [-0.2, 0) is 45.3 Å². The van der Waals surface area contributed by atoms with Crippen LogP contribution in [0.2, 0.25) is 0 Å². The van der Waals surface area contributed by atoms with Gasteiger partial charge in [-0.25, -0.2) is 16.8 Å². The molecule has 5 rings (SSSR count). The second kappa shape index (κ2) is 14.7. The van der Waals surface area contributed by atoms with Gasteiger partial charge in [-0.05, 0) is 55.0 Å². The zero-order chi connectivity index (χ0) is 33.1. The Labute approximate surface area is 272 Å². The largest absolute Gasteiger partial charge is 0.497 e. The predicted molar refractivity (Wildman–Crippen MR) is 170 cm³/mol. The first-order valence-corrected chi connectivity index (χ1v) is 19.2. The van der Waals surface area contributed by atoms with Gasteiger partial charge in [0, 0.05) is 37.5 Å². The van der Waals surface area contributed by atoms with Crippen LogP contribution in [0.3, 0.4) is 0 Å². The molecule has 0 saturated carbocycles. The van der Waals surface area contributed by atoms with Gasteiger partial charge in [-0.1, -0.05) is 44.2 Å². The van der Waals surface area contributed by atoms with Gasteiger partial charge in [0.05, 0.1) is 42.1 Å². The summed E-state index contributed by atoms with van der Waals surface area (Å²) in [5, 5.41) is 11.6. The third kappa shape index (κ3) is 8.29. The number of rotatable bonds is 13. The number of nitrogens with zero attached hydrogens (tertiary/aromatic N) is 1. The van der Waals surface area contributed by atoms with Gasteiger partial charge in [0.15, 0.2) is 16.1 Å². The summed E-state index contributed by atoms with van der Waals surface area (Å²) in [6, 6.07) is 15.4. The summed E-state index contributed by atoms with van der Waals surface area (Å²) in [6.45, 7) is 4.24. The monoisotopic (exact) mass is 679 g/mol. The third-order valence-corrected chi connectivity index (χ3v) is 12.6. The normalized spacial score (nSPS) is 27.0. The molecule has 0 aromatic heterocycles. The van der Waals surface area contributed by atoms with Gasteiger partial charge >= 0.3 is 5.97 Å². The molecule has 0 radical (unpaired) electrons. The molecule has 13 heteroatoms. The summed E-state index contributed by atoms with van der Waals surface area (Å²) in [4.78, 5) is 13.6. The molecule has 0 bridgehead atoms. The van der Waals surface area contributed by atoms with Crippen LogP contribution in [0.4, 0.5) is 0 Å². The molecule has 46 heavy (non-hydrogen) atoms. The molecule has 3 heterocycles. The highest BCUT2D eigenvalue weighted by atomic mass is 32.2. The van der Waals surface area contributed by atoms with E-state index in [4.69, 9.17) is 18.9 Å². The van der Waals surface area contributed by atoms with Crippen molar-refractivity contribution in [3.8, 4) is 5.75 Å². The maximum Gasteiger partial charge on any atom is 0.306 e. The van der Waals surface area contributed by atoms with Crippen LogP contribution in [0.25, 0.3) is 0 Å². The van der Waals surface area contributed by atoms with Crippen molar-refractivity contribution in [2.75, 3.05) is 38.3 Å². The Morgan fingerprint density at radius 3 is 2.46 bits per heavy atom. The Bertz CT molecular complexity index is 1530. The minimum Gasteiger partial charge on any atom is -0.497 e. The lowest BCUT2D eigenvalue weighted by Gasteiger charge is -2.36. The number of carbonyl (C=O) groups excluding carboxylic acids is 1. The van der Waals surface area contributed by atoms with Gasteiger partial charge in [0.25, 0.3) is 0 Å². The first-order valence-electron chi connectivity index (χ1n) is 15.9. The number of methoxy groups -OCH3 is 1. The third-order valence-electron chi connectivity index (χ3n) is 9.07. The van der Waals surface area contributed by atoms with Crippen molar-refractivity contribution in [1.82, 2.24) is 4.31 Å². The zero-order valence-electron chi connectivity index (χ0n) is 26.6. The molecule has 3 fully saturated rings. The Kier molecular flexibility index (Phi) is 11.1. The fraction of sp³-hybridized carbons (Fsp3) is 0.606. The number of carbonyl (C=O) groups is 1. The van der Waals surface area contributed by atoms with E-state index < -0.39 is 56.3 Å². The number of sulfonamides is 1. The zero-order valence-corrected chi connectivity index (χ0v) is 28.2. The number of hydrogen-bond donors (Lipinski definition) is 1. The summed E-state index contributed by atoms with van der Waals surface area (Å²) >= 11 is 0. The fourth-order valence-corrected chi connectivity index (χ4v) is 10.3. The number of ether oxygens (including phenoxy) is 4. The minimum absolute atomic E-state index is 0.0415. The van der Waals surface area contributed by atoms with Crippen molar-refractivity contribution in [2.24, 2.45) is 23.7 Å². The molecule has 3 saturated heterocycles. The van der Waals surface area contributed by atoms with Gasteiger partial charge < -0.3 is 24.1 Å². The number of esters is 1. The Balaban J connectivity index is 1.35. The van der Waals surface area contributed by atoms with Crippen LogP contribution >= 0.6 is 0 Å². The topological polar surface area (TPSA) is 146 Å². The van der Waals surface area contributed by atoms with Gasteiger partial charge in [-0.3, -0.25) is 4.79 Å². The first-order chi connectivity index (χ1) is 21.9. The van der Waals surface area contributed by atoms with Gasteiger partial charge in [0.1, 0.15) is 11.9 Å². The van der Waals surface area contributed by atoms with Gasteiger partial charge in [0.2, 0.25) is 10.0 Å². The number of hydrogen-bond acceptors (Lipinski definition) is 10. The fourth-order valence-electron chi connectivity index (χ4n) is 6.91. The second-order valence-electron chi connectivity index (χ2n) is 13.0. The lowest BCUT2D eigenvalue weighted by atomic mass is 9.82. The van der Waals surface area contributed by atoms with Gasteiger partial charge in [-0.2, -0.15) is 4.31 Å². The highest BCUT2D eigenvalue weighted by Crippen LogP contribution is 2.44. The average molecular weight is 680 g/mol. The Hall–Kier alpha value is -2.55. The summed E-state index contributed by atoms with van der Waals surface area (Å²) in [5.41, 5.74) is 0.861. The maximum absolute atomic E-state index is 13.8. The molecular weight excluding hydrogens is 634 g/mol. The molecule has 5 unspecified atom stereocenters. The Morgan fingerprint density at radius 2 is 1.78 bits per heavy atom. The van der Waals surface area contributed by atoms with E-state index in [0.29, 0.717) is 12.4 Å². The number of sulfone groups is 1. The van der Waals surface area contributed by atoms with E-state index in [1.807, 2.05) is 44.2 Å². The van der Waals surface area contributed by atoms with Crippen molar-refractivity contribution < 1.29 is 45.7 Å². The summed E-state index contributed by atoms with van der Waals surface area (Å²) in [6.07, 6.45) is -1.57. The predicted octanol–water partition coefficient (Wildman–Crippen LogP) is 3.06. The highest BCUT2D eigenvalue weighted by molar-refractivity contribution is 7.91. The molecule has 7 atom stereocenters. The minimum atomic E-state index is -4.00. The lowest BCUT2D eigenvalue weighted by Crippen LogP contribution is -2.49.